The lowest BCUT2D eigenvalue weighted by Crippen LogP contribution is -2.34. The third-order valence-corrected chi connectivity index (χ3v) is 4.72. The molecule has 0 spiro atoms. The highest BCUT2D eigenvalue weighted by Crippen LogP contribution is 2.45. The normalized spacial score (nSPS) is 17.7. The molecule has 0 bridgehead atoms. The molecule has 1 heterocycles. The van der Waals surface area contributed by atoms with Crippen LogP contribution in [-0.2, 0) is 9.59 Å². The molecule has 1 aromatic carbocycles. The van der Waals surface area contributed by atoms with Crippen LogP contribution in [0, 0.1) is 5.41 Å². The van der Waals surface area contributed by atoms with Crippen molar-refractivity contribution in [3.05, 3.63) is 29.8 Å². The van der Waals surface area contributed by atoms with Crippen LogP contribution < -0.4 is 10.6 Å². The lowest BCUT2D eigenvalue weighted by molar-refractivity contribution is -0.116. The molecule has 0 aromatic heterocycles. The zero-order valence-electron chi connectivity index (χ0n) is 12.8. The van der Waals surface area contributed by atoms with Gasteiger partial charge in [-0.2, -0.15) is 0 Å². The van der Waals surface area contributed by atoms with Crippen LogP contribution in [0.1, 0.15) is 32.3 Å². The number of rotatable bonds is 4. The number of hydrogen-bond donors (Lipinski definition) is 1. The summed E-state index contributed by atoms with van der Waals surface area (Å²) in [6, 6.07) is 8.08. The first-order chi connectivity index (χ1) is 9.80. The highest BCUT2D eigenvalue weighted by atomic mass is 32.2. The Morgan fingerprint density at radius 2 is 1.95 bits per heavy atom. The van der Waals surface area contributed by atoms with Gasteiger partial charge in [0.15, 0.2) is 0 Å². The van der Waals surface area contributed by atoms with Gasteiger partial charge in [-0.15, -0.1) is 11.8 Å². The van der Waals surface area contributed by atoms with Gasteiger partial charge in [0.1, 0.15) is 0 Å². The molecule has 0 saturated heterocycles. The van der Waals surface area contributed by atoms with Crippen LogP contribution in [0.2, 0.25) is 0 Å². The summed E-state index contributed by atoms with van der Waals surface area (Å²) in [6.45, 7) is 7.30. The Hall–Kier alpha value is -1.49. The van der Waals surface area contributed by atoms with Crippen LogP contribution in [0.5, 0.6) is 0 Å². The molecule has 5 heteroatoms. The maximum atomic E-state index is 12.4. The van der Waals surface area contributed by atoms with E-state index in [1.165, 1.54) is 17.3 Å². The smallest absolute Gasteiger partial charge is 0.237 e. The number of hydrogen-bond acceptors (Lipinski definition) is 3. The number of para-hydroxylation sites is 1. The van der Waals surface area contributed by atoms with Crippen LogP contribution in [-0.4, -0.2) is 29.9 Å². The Morgan fingerprint density at radius 3 is 2.57 bits per heavy atom. The molecule has 0 radical (unpaired) electrons. The lowest BCUT2D eigenvalue weighted by Gasteiger charge is -2.27. The average Bonchev–Trinajstić information content (AvgIpc) is 2.77. The zero-order chi connectivity index (χ0) is 15.6. The summed E-state index contributed by atoms with van der Waals surface area (Å²) in [6.07, 6.45) is 0. The quantitative estimate of drug-likeness (QED) is 0.929. The SMILES string of the molecule is CC(C)(C)C1CN(C(=O)CSCC(N)=O)c2ccccc21. The number of anilines is 1. The van der Waals surface area contributed by atoms with Gasteiger partial charge in [-0.05, 0) is 17.0 Å². The number of nitrogens with zero attached hydrogens (tertiary/aromatic N) is 1. The highest BCUT2D eigenvalue weighted by Gasteiger charge is 2.38. The first kappa shape index (κ1) is 15.9. The van der Waals surface area contributed by atoms with Gasteiger partial charge < -0.3 is 10.6 Å². The molecule has 21 heavy (non-hydrogen) atoms. The second-order valence-electron chi connectivity index (χ2n) is 6.44. The highest BCUT2D eigenvalue weighted by molar-refractivity contribution is 8.00. The fourth-order valence-electron chi connectivity index (χ4n) is 2.70. The summed E-state index contributed by atoms with van der Waals surface area (Å²) < 4.78 is 0. The van der Waals surface area contributed by atoms with Gasteiger partial charge in [-0.3, -0.25) is 9.59 Å². The Kier molecular flexibility index (Phi) is 4.61. The van der Waals surface area contributed by atoms with Crippen LogP contribution in [0.15, 0.2) is 24.3 Å². The van der Waals surface area contributed by atoms with Crippen molar-refractivity contribution in [2.45, 2.75) is 26.7 Å². The van der Waals surface area contributed by atoms with Gasteiger partial charge in [-0.25, -0.2) is 0 Å². The molecule has 1 unspecified atom stereocenters. The predicted octanol–water partition coefficient (Wildman–Crippen LogP) is 2.38. The van der Waals surface area contributed by atoms with Crippen LogP contribution in [0.4, 0.5) is 5.69 Å². The standard InChI is InChI=1S/C16H22N2O2S/c1-16(2,3)12-8-18(13-7-5-4-6-11(12)13)15(20)10-21-9-14(17)19/h4-7,12H,8-10H2,1-3H3,(H2,17,19). The van der Waals surface area contributed by atoms with Crippen molar-refractivity contribution >= 4 is 29.3 Å². The predicted molar refractivity (Wildman–Crippen MR) is 87.5 cm³/mol. The number of nitrogens with two attached hydrogens (primary N) is 1. The van der Waals surface area contributed by atoms with Crippen molar-refractivity contribution < 1.29 is 9.59 Å². The van der Waals surface area contributed by atoms with E-state index in [1.54, 1.807) is 0 Å². The van der Waals surface area contributed by atoms with Gasteiger partial charge in [0, 0.05) is 18.2 Å². The molecule has 2 N–H and O–H groups in total. The molecule has 114 valence electrons. The van der Waals surface area contributed by atoms with Crippen molar-refractivity contribution in [1.29, 1.82) is 0 Å². The van der Waals surface area contributed by atoms with Gasteiger partial charge in [-0.1, -0.05) is 39.0 Å². The number of fused-ring (bicyclic) bond motifs is 1. The number of primary amides is 1. The Balaban J connectivity index is 2.15. The van der Waals surface area contributed by atoms with Gasteiger partial charge >= 0.3 is 0 Å². The summed E-state index contributed by atoms with van der Waals surface area (Å²) in [7, 11) is 0. The van der Waals surface area contributed by atoms with Crippen molar-refractivity contribution in [1.82, 2.24) is 0 Å². The van der Waals surface area contributed by atoms with E-state index in [2.05, 4.69) is 26.8 Å². The van der Waals surface area contributed by atoms with Crippen molar-refractivity contribution in [3.63, 3.8) is 0 Å². The topological polar surface area (TPSA) is 63.4 Å². The Morgan fingerprint density at radius 1 is 1.29 bits per heavy atom. The largest absolute Gasteiger partial charge is 0.369 e. The number of amides is 2. The van der Waals surface area contributed by atoms with E-state index >= 15 is 0 Å². The van der Waals surface area contributed by atoms with E-state index in [-0.39, 0.29) is 28.7 Å². The molecule has 1 aliphatic rings. The monoisotopic (exact) mass is 306 g/mol. The van der Waals surface area contributed by atoms with Crippen molar-refractivity contribution in [2.75, 3.05) is 23.0 Å². The van der Waals surface area contributed by atoms with E-state index in [0.29, 0.717) is 12.5 Å². The molecule has 0 fully saturated rings. The molecule has 0 saturated carbocycles. The third kappa shape index (κ3) is 3.59. The summed E-state index contributed by atoms with van der Waals surface area (Å²) >= 11 is 1.27. The fourth-order valence-corrected chi connectivity index (χ4v) is 3.33. The molecular weight excluding hydrogens is 284 g/mol. The second kappa shape index (κ2) is 6.10. The summed E-state index contributed by atoms with van der Waals surface area (Å²) in [5.41, 5.74) is 7.44. The molecular formula is C16H22N2O2S. The first-order valence-corrected chi connectivity index (χ1v) is 8.21. The van der Waals surface area contributed by atoms with Gasteiger partial charge in [0.05, 0.1) is 11.5 Å². The van der Waals surface area contributed by atoms with E-state index in [1.807, 2.05) is 23.1 Å². The molecule has 0 aliphatic carbocycles. The van der Waals surface area contributed by atoms with Crippen LogP contribution >= 0.6 is 11.8 Å². The lowest BCUT2D eigenvalue weighted by atomic mass is 9.78. The molecule has 1 aliphatic heterocycles. The van der Waals surface area contributed by atoms with Crippen LogP contribution in [0.3, 0.4) is 0 Å². The Bertz CT molecular complexity index is 551. The fraction of sp³-hybridized carbons (Fsp3) is 0.500. The van der Waals surface area contributed by atoms with E-state index < -0.39 is 0 Å². The number of benzene rings is 1. The maximum absolute atomic E-state index is 12.4. The average molecular weight is 306 g/mol. The number of carbonyl (C=O) groups excluding carboxylic acids is 2. The molecule has 1 atom stereocenters. The van der Waals surface area contributed by atoms with Crippen LogP contribution in [0.25, 0.3) is 0 Å². The first-order valence-electron chi connectivity index (χ1n) is 7.06. The third-order valence-electron chi connectivity index (χ3n) is 3.78. The molecule has 2 amide bonds. The van der Waals surface area contributed by atoms with Crippen molar-refractivity contribution in [2.24, 2.45) is 11.1 Å². The maximum Gasteiger partial charge on any atom is 0.237 e. The molecule has 4 nitrogen and oxygen atoms in total. The van der Waals surface area contributed by atoms with Gasteiger partial charge in [0.2, 0.25) is 11.8 Å². The number of carbonyl (C=O) groups is 2. The summed E-state index contributed by atoms with van der Waals surface area (Å²) in [5, 5.41) is 0. The number of thioether (sulfide) groups is 1. The van der Waals surface area contributed by atoms with E-state index in [9.17, 15) is 9.59 Å². The van der Waals surface area contributed by atoms with E-state index in [0.717, 1.165) is 5.69 Å². The van der Waals surface area contributed by atoms with Gasteiger partial charge in [0.25, 0.3) is 0 Å². The zero-order valence-corrected chi connectivity index (χ0v) is 13.6. The van der Waals surface area contributed by atoms with E-state index in [4.69, 9.17) is 5.73 Å². The Labute approximate surface area is 130 Å². The molecule has 1 aromatic rings. The summed E-state index contributed by atoms with van der Waals surface area (Å²) in [5.74, 6) is 0.458. The summed E-state index contributed by atoms with van der Waals surface area (Å²) in [4.78, 5) is 25.0. The minimum absolute atomic E-state index is 0.0421. The minimum Gasteiger partial charge on any atom is -0.369 e. The minimum atomic E-state index is -0.387. The molecule has 2 rings (SSSR count). The second-order valence-corrected chi connectivity index (χ2v) is 7.43. The van der Waals surface area contributed by atoms with Crippen molar-refractivity contribution in [3.8, 4) is 0 Å².